The summed E-state index contributed by atoms with van der Waals surface area (Å²) in [7, 11) is 0. The molecule has 94 valence electrons. The number of anilines is 2. The molecule has 3 nitrogen and oxygen atoms in total. The molecule has 0 amide bonds. The quantitative estimate of drug-likeness (QED) is 0.867. The third-order valence-electron chi connectivity index (χ3n) is 2.99. The molecule has 2 aromatic rings. The normalized spacial score (nSPS) is 10.4. The number of pyridine rings is 1. The van der Waals surface area contributed by atoms with E-state index in [0.717, 1.165) is 17.1 Å². The maximum atomic E-state index is 5.56. The molecule has 0 radical (unpaired) electrons. The molecule has 0 aliphatic heterocycles. The molecule has 1 heterocycles. The zero-order valence-corrected chi connectivity index (χ0v) is 11.1. The third-order valence-corrected chi connectivity index (χ3v) is 2.99. The van der Waals surface area contributed by atoms with Crippen LogP contribution in [0.25, 0.3) is 0 Å². The van der Waals surface area contributed by atoms with Gasteiger partial charge in [0.25, 0.3) is 0 Å². The lowest BCUT2D eigenvalue weighted by atomic mass is 10.1. The second-order valence-corrected chi connectivity index (χ2v) is 4.65. The Labute approximate surface area is 108 Å². The molecule has 0 saturated heterocycles. The molecule has 1 aromatic carbocycles. The van der Waals surface area contributed by atoms with Crippen molar-refractivity contribution in [2.75, 3.05) is 5.32 Å². The molecule has 1 aromatic heterocycles. The first-order valence-electron chi connectivity index (χ1n) is 6.10. The predicted molar refractivity (Wildman–Crippen MR) is 76.1 cm³/mol. The van der Waals surface area contributed by atoms with Gasteiger partial charge in [-0.15, -0.1) is 0 Å². The molecule has 0 aliphatic carbocycles. The molecule has 0 bridgehead atoms. The summed E-state index contributed by atoms with van der Waals surface area (Å²) < 4.78 is 0. The average molecular weight is 241 g/mol. The van der Waals surface area contributed by atoms with Crippen molar-refractivity contribution < 1.29 is 0 Å². The molecule has 2 rings (SSSR count). The standard InChI is InChI=1S/C15H19N3/c1-10-6-11(2)15(12(3)7-10)18-14-5-4-13(8-16)9-17-14/h4-7,9H,8,16H2,1-3H3,(H,17,18). The molecule has 3 N–H and O–H groups in total. The van der Waals surface area contributed by atoms with Crippen LogP contribution < -0.4 is 11.1 Å². The van der Waals surface area contributed by atoms with Crippen LogP contribution in [-0.4, -0.2) is 4.98 Å². The Morgan fingerprint density at radius 3 is 2.28 bits per heavy atom. The van der Waals surface area contributed by atoms with Crippen LogP contribution in [0.3, 0.4) is 0 Å². The van der Waals surface area contributed by atoms with Gasteiger partial charge >= 0.3 is 0 Å². The topological polar surface area (TPSA) is 50.9 Å². The van der Waals surface area contributed by atoms with E-state index in [4.69, 9.17) is 5.73 Å². The molecule has 0 saturated carbocycles. The van der Waals surface area contributed by atoms with Crippen LogP contribution in [0.1, 0.15) is 22.3 Å². The number of rotatable bonds is 3. The first-order chi connectivity index (χ1) is 8.60. The maximum Gasteiger partial charge on any atom is 0.130 e. The van der Waals surface area contributed by atoms with Crippen LogP contribution in [0.5, 0.6) is 0 Å². The highest BCUT2D eigenvalue weighted by molar-refractivity contribution is 5.65. The summed E-state index contributed by atoms with van der Waals surface area (Å²) >= 11 is 0. The Kier molecular flexibility index (Phi) is 3.63. The van der Waals surface area contributed by atoms with Crippen molar-refractivity contribution in [3.05, 3.63) is 52.7 Å². The van der Waals surface area contributed by atoms with Crippen molar-refractivity contribution in [2.45, 2.75) is 27.3 Å². The van der Waals surface area contributed by atoms with Crippen LogP contribution in [0.2, 0.25) is 0 Å². The van der Waals surface area contributed by atoms with Crippen molar-refractivity contribution in [2.24, 2.45) is 5.73 Å². The summed E-state index contributed by atoms with van der Waals surface area (Å²) in [5.74, 6) is 0.849. The molecular weight excluding hydrogens is 222 g/mol. The fraction of sp³-hybridized carbons (Fsp3) is 0.267. The summed E-state index contributed by atoms with van der Waals surface area (Å²) in [6.07, 6.45) is 1.81. The number of nitrogens with two attached hydrogens (primary N) is 1. The van der Waals surface area contributed by atoms with Gasteiger partial charge in [0, 0.05) is 18.4 Å². The van der Waals surface area contributed by atoms with Crippen molar-refractivity contribution >= 4 is 11.5 Å². The number of aromatic nitrogens is 1. The van der Waals surface area contributed by atoms with Crippen LogP contribution in [0, 0.1) is 20.8 Å². The second kappa shape index (κ2) is 5.19. The zero-order valence-electron chi connectivity index (χ0n) is 11.1. The highest BCUT2D eigenvalue weighted by atomic mass is 15.0. The van der Waals surface area contributed by atoms with Gasteiger partial charge in [-0.25, -0.2) is 4.98 Å². The Balaban J connectivity index is 2.28. The van der Waals surface area contributed by atoms with E-state index in [1.165, 1.54) is 16.7 Å². The molecule has 18 heavy (non-hydrogen) atoms. The van der Waals surface area contributed by atoms with Gasteiger partial charge in [-0.05, 0) is 43.5 Å². The van der Waals surface area contributed by atoms with Gasteiger partial charge in [0.15, 0.2) is 0 Å². The zero-order chi connectivity index (χ0) is 13.1. The van der Waals surface area contributed by atoms with Crippen molar-refractivity contribution in [3.63, 3.8) is 0 Å². The van der Waals surface area contributed by atoms with Gasteiger partial charge in [0.05, 0.1) is 0 Å². The lowest BCUT2D eigenvalue weighted by Gasteiger charge is -2.13. The van der Waals surface area contributed by atoms with E-state index in [1.54, 1.807) is 6.20 Å². The molecule has 0 spiro atoms. The predicted octanol–water partition coefficient (Wildman–Crippen LogP) is 3.21. The van der Waals surface area contributed by atoms with Gasteiger partial charge in [0.2, 0.25) is 0 Å². The molecule has 0 atom stereocenters. The molecule has 0 unspecified atom stereocenters. The number of benzene rings is 1. The highest BCUT2D eigenvalue weighted by Crippen LogP contribution is 2.24. The Morgan fingerprint density at radius 1 is 1.11 bits per heavy atom. The largest absolute Gasteiger partial charge is 0.340 e. The summed E-state index contributed by atoms with van der Waals surface area (Å²) in [4.78, 5) is 4.36. The minimum Gasteiger partial charge on any atom is -0.340 e. The minimum absolute atomic E-state index is 0.524. The average Bonchev–Trinajstić information content (AvgIpc) is 2.34. The Bertz CT molecular complexity index is 521. The fourth-order valence-corrected chi connectivity index (χ4v) is 2.12. The van der Waals surface area contributed by atoms with Crippen molar-refractivity contribution in [1.82, 2.24) is 4.98 Å². The summed E-state index contributed by atoms with van der Waals surface area (Å²) in [6.45, 7) is 6.85. The van der Waals surface area contributed by atoms with Gasteiger partial charge in [0.1, 0.15) is 5.82 Å². The van der Waals surface area contributed by atoms with Crippen LogP contribution in [-0.2, 0) is 6.54 Å². The van der Waals surface area contributed by atoms with E-state index >= 15 is 0 Å². The number of nitrogens with zero attached hydrogens (tertiary/aromatic N) is 1. The van der Waals surface area contributed by atoms with Crippen molar-refractivity contribution in [1.29, 1.82) is 0 Å². The molecule has 3 heteroatoms. The van der Waals surface area contributed by atoms with E-state index in [0.29, 0.717) is 6.54 Å². The molecule has 0 fully saturated rings. The summed E-state index contributed by atoms with van der Waals surface area (Å²) in [5, 5.41) is 3.37. The Morgan fingerprint density at radius 2 is 1.78 bits per heavy atom. The highest BCUT2D eigenvalue weighted by Gasteiger charge is 2.04. The number of aryl methyl sites for hydroxylation is 3. The lowest BCUT2D eigenvalue weighted by Crippen LogP contribution is -2.01. The molecule has 0 aliphatic rings. The van der Waals surface area contributed by atoms with E-state index < -0.39 is 0 Å². The molecular formula is C15H19N3. The monoisotopic (exact) mass is 241 g/mol. The van der Waals surface area contributed by atoms with E-state index in [9.17, 15) is 0 Å². The van der Waals surface area contributed by atoms with E-state index in [2.05, 4.69) is 43.2 Å². The number of hydrogen-bond acceptors (Lipinski definition) is 3. The summed E-state index contributed by atoms with van der Waals surface area (Å²) in [5.41, 5.74) is 11.5. The van der Waals surface area contributed by atoms with Crippen LogP contribution in [0.15, 0.2) is 30.5 Å². The van der Waals surface area contributed by atoms with E-state index in [1.807, 2.05) is 12.1 Å². The lowest BCUT2D eigenvalue weighted by molar-refractivity contribution is 1.05. The smallest absolute Gasteiger partial charge is 0.130 e. The second-order valence-electron chi connectivity index (χ2n) is 4.65. The van der Waals surface area contributed by atoms with Gasteiger partial charge < -0.3 is 11.1 Å². The van der Waals surface area contributed by atoms with Gasteiger partial charge in [-0.1, -0.05) is 23.8 Å². The SMILES string of the molecule is Cc1cc(C)c(Nc2ccc(CN)cn2)c(C)c1. The third kappa shape index (κ3) is 2.68. The maximum absolute atomic E-state index is 5.56. The van der Waals surface area contributed by atoms with Crippen molar-refractivity contribution in [3.8, 4) is 0 Å². The number of nitrogens with one attached hydrogen (secondary N) is 1. The van der Waals surface area contributed by atoms with Crippen LogP contribution in [0.4, 0.5) is 11.5 Å². The first-order valence-corrected chi connectivity index (χ1v) is 6.10. The number of hydrogen-bond donors (Lipinski definition) is 2. The van der Waals surface area contributed by atoms with Crippen LogP contribution >= 0.6 is 0 Å². The fourth-order valence-electron chi connectivity index (χ4n) is 2.12. The Hall–Kier alpha value is -1.87. The van der Waals surface area contributed by atoms with E-state index in [-0.39, 0.29) is 0 Å². The summed E-state index contributed by atoms with van der Waals surface area (Å²) in [6, 6.07) is 8.29. The van der Waals surface area contributed by atoms with Gasteiger partial charge in [-0.2, -0.15) is 0 Å². The minimum atomic E-state index is 0.524. The van der Waals surface area contributed by atoms with Gasteiger partial charge in [-0.3, -0.25) is 0 Å². The first kappa shape index (κ1) is 12.6.